The number of allylic oxidation sites excluding steroid dienone is 1. The summed E-state index contributed by atoms with van der Waals surface area (Å²) in [7, 11) is 3.16. The Kier molecular flexibility index (Phi) is 8.19. The first-order valence-electron chi connectivity index (χ1n) is 11.7. The minimum Gasteiger partial charge on any atom is -0.497 e. The van der Waals surface area contributed by atoms with Gasteiger partial charge in [-0.25, -0.2) is 9.79 Å². The second-order valence-corrected chi connectivity index (χ2v) is 9.90. The highest BCUT2D eigenvalue weighted by atomic mass is 79.9. The molecule has 0 radical (unpaired) electrons. The summed E-state index contributed by atoms with van der Waals surface area (Å²) in [6.45, 7) is 6.07. The second kappa shape index (κ2) is 11.4. The average Bonchev–Trinajstić information content (AvgIpc) is 3.19. The van der Waals surface area contributed by atoms with Crippen molar-refractivity contribution < 1.29 is 23.7 Å². The summed E-state index contributed by atoms with van der Waals surface area (Å²) in [4.78, 5) is 32.0. The number of ether oxygens (including phenoxy) is 4. The number of fused-ring (bicyclic) bond motifs is 1. The van der Waals surface area contributed by atoms with Crippen molar-refractivity contribution in [2.75, 3.05) is 27.4 Å². The van der Waals surface area contributed by atoms with Crippen molar-refractivity contribution in [3.8, 4) is 17.2 Å². The minimum absolute atomic E-state index is 0.211. The van der Waals surface area contributed by atoms with E-state index in [0.717, 1.165) is 15.6 Å². The van der Waals surface area contributed by atoms with Crippen LogP contribution in [0.4, 0.5) is 0 Å². The molecule has 10 heteroatoms. The maximum atomic E-state index is 13.8. The van der Waals surface area contributed by atoms with E-state index in [4.69, 9.17) is 18.9 Å². The zero-order valence-electron chi connectivity index (χ0n) is 21.2. The van der Waals surface area contributed by atoms with Crippen molar-refractivity contribution >= 4 is 39.3 Å². The predicted octanol–water partition coefficient (Wildman–Crippen LogP) is 3.98. The standard InChI is InChI=1S/C27H27BrN2O6S/c1-6-35-21-12-17(19(28)14-20(21)34-5)13-22-25(31)30-24(16-8-10-18(33-4)11-9-16)23(26(32)36-7-2)15(3)29-27(30)37-22/h8-14,24H,6-7H2,1-5H3/b22-13+/t24-/m0/s1. The molecule has 1 aliphatic rings. The molecule has 0 N–H and O–H groups in total. The monoisotopic (exact) mass is 586 g/mol. The number of nitrogens with zero attached hydrogens (tertiary/aromatic N) is 2. The molecule has 2 aromatic carbocycles. The number of aromatic nitrogens is 1. The van der Waals surface area contributed by atoms with Crippen LogP contribution in [0.5, 0.6) is 17.2 Å². The number of esters is 1. The summed E-state index contributed by atoms with van der Waals surface area (Å²) in [6, 6.07) is 10.2. The van der Waals surface area contributed by atoms with Crippen LogP contribution in [0.3, 0.4) is 0 Å². The molecule has 1 aromatic heterocycles. The number of carbonyl (C=O) groups is 1. The molecule has 0 unspecified atom stereocenters. The topological polar surface area (TPSA) is 88.4 Å². The van der Waals surface area contributed by atoms with E-state index in [1.807, 2.05) is 25.1 Å². The summed E-state index contributed by atoms with van der Waals surface area (Å²) in [6.07, 6.45) is 1.78. The van der Waals surface area contributed by atoms with Gasteiger partial charge >= 0.3 is 5.97 Å². The van der Waals surface area contributed by atoms with Gasteiger partial charge in [0.1, 0.15) is 5.75 Å². The number of hydrogen-bond donors (Lipinski definition) is 0. The molecule has 3 aromatic rings. The smallest absolute Gasteiger partial charge is 0.338 e. The van der Waals surface area contributed by atoms with E-state index in [-0.39, 0.29) is 12.2 Å². The molecule has 1 aliphatic heterocycles. The van der Waals surface area contributed by atoms with Gasteiger partial charge in [-0.05, 0) is 62.2 Å². The van der Waals surface area contributed by atoms with Gasteiger partial charge < -0.3 is 18.9 Å². The third kappa shape index (κ3) is 5.21. The van der Waals surface area contributed by atoms with Crippen LogP contribution in [-0.4, -0.2) is 38.0 Å². The summed E-state index contributed by atoms with van der Waals surface area (Å²) < 4.78 is 24.5. The first-order valence-corrected chi connectivity index (χ1v) is 13.3. The van der Waals surface area contributed by atoms with Gasteiger partial charge in [0.2, 0.25) is 0 Å². The fraction of sp³-hybridized carbons (Fsp3) is 0.296. The molecule has 0 bridgehead atoms. The quantitative estimate of drug-likeness (QED) is 0.371. The molecule has 1 atom stereocenters. The molecule has 0 aliphatic carbocycles. The van der Waals surface area contributed by atoms with Crippen molar-refractivity contribution in [3.05, 3.63) is 83.0 Å². The van der Waals surface area contributed by atoms with E-state index in [1.165, 1.54) is 11.3 Å². The minimum atomic E-state index is -0.693. The van der Waals surface area contributed by atoms with Crippen LogP contribution in [0, 0.1) is 0 Å². The van der Waals surface area contributed by atoms with Crippen molar-refractivity contribution in [2.24, 2.45) is 4.99 Å². The Balaban J connectivity index is 1.93. The Morgan fingerprint density at radius 2 is 1.84 bits per heavy atom. The lowest BCUT2D eigenvalue weighted by Gasteiger charge is -2.24. The summed E-state index contributed by atoms with van der Waals surface area (Å²) >= 11 is 4.82. The number of rotatable bonds is 8. The first kappa shape index (κ1) is 26.7. The van der Waals surface area contributed by atoms with Crippen molar-refractivity contribution in [3.63, 3.8) is 0 Å². The fourth-order valence-corrected chi connectivity index (χ4v) is 5.60. The van der Waals surface area contributed by atoms with Crippen molar-refractivity contribution in [2.45, 2.75) is 26.8 Å². The van der Waals surface area contributed by atoms with Gasteiger partial charge in [-0.1, -0.05) is 39.4 Å². The molecule has 8 nitrogen and oxygen atoms in total. The van der Waals surface area contributed by atoms with Crippen LogP contribution >= 0.6 is 27.3 Å². The van der Waals surface area contributed by atoms with Gasteiger partial charge in [-0.15, -0.1) is 0 Å². The van der Waals surface area contributed by atoms with Gasteiger partial charge in [0.25, 0.3) is 5.56 Å². The Morgan fingerprint density at radius 3 is 2.46 bits per heavy atom. The van der Waals surface area contributed by atoms with E-state index in [9.17, 15) is 9.59 Å². The number of halogens is 1. The van der Waals surface area contributed by atoms with Crippen LogP contribution in [0.1, 0.15) is 37.9 Å². The van der Waals surface area contributed by atoms with Crippen LogP contribution in [-0.2, 0) is 9.53 Å². The largest absolute Gasteiger partial charge is 0.497 e. The van der Waals surface area contributed by atoms with Gasteiger partial charge in [0.05, 0.1) is 49.3 Å². The molecule has 2 heterocycles. The maximum Gasteiger partial charge on any atom is 0.338 e. The number of carbonyl (C=O) groups excluding carboxylic acids is 1. The molecule has 37 heavy (non-hydrogen) atoms. The Bertz CT molecular complexity index is 1540. The molecule has 4 rings (SSSR count). The summed E-state index contributed by atoms with van der Waals surface area (Å²) in [5.74, 6) is 1.33. The summed E-state index contributed by atoms with van der Waals surface area (Å²) in [5, 5.41) is 0. The van der Waals surface area contributed by atoms with Gasteiger partial charge in [0, 0.05) is 4.47 Å². The number of benzene rings is 2. The van der Waals surface area contributed by atoms with Crippen LogP contribution in [0.2, 0.25) is 0 Å². The van der Waals surface area contributed by atoms with Crippen molar-refractivity contribution in [1.29, 1.82) is 0 Å². The van der Waals surface area contributed by atoms with Gasteiger partial charge in [-0.2, -0.15) is 0 Å². The highest BCUT2D eigenvalue weighted by Crippen LogP contribution is 2.34. The van der Waals surface area contributed by atoms with E-state index in [1.54, 1.807) is 56.9 Å². The van der Waals surface area contributed by atoms with Gasteiger partial charge in [-0.3, -0.25) is 9.36 Å². The third-order valence-corrected chi connectivity index (χ3v) is 7.49. The summed E-state index contributed by atoms with van der Waals surface area (Å²) in [5.41, 5.74) is 2.07. The molecular weight excluding hydrogens is 560 g/mol. The van der Waals surface area contributed by atoms with E-state index in [0.29, 0.717) is 44.5 Å². The van der Waals surface area contributed by atoms with Crippen molar-refractivity contribution in [1.82, 2.24) is 4.57 Å². The predicted molar refractivity (Wildman–Crippen MR) is 145 cm³/mol. The SMILES string of the molecule is CCOC(=O)C1=C(C)N=c2s/c(=C/c3cc(OCC)c(OC)cc3Br)c(=O)n2[C@H]1c1ccc(OC)cc1. The number of methoxy groups -OCH3 is 2. The molecule has 0 saturated carbocycles. The van der Waals surface area contributed by atoms with Crippen LogP contribution in [0.15, 0.2) is 61.9 Å². The Hall–Kier alpha value is -3.37. The average molecular weight is 587 g/mol. The molecule has 194 valence electrons. The van der Waals surface area contributed by atoms with Gasteiger partial charge in [0.15, 0.2) is 16.3 Å². The Morgan fingerprint density at radius 1 is 1.11 bits per heavy atom. The maximum absolute atomic E-state index is 13.8. The lowest BCUT2D eigenvalue weighted by molar-refractivity contribution is -0.139. The third-order valence-electron chi connectivity index (χ3n) is 5.82. The van der Waals surface area contributed by atoms with E-state index in [2.05, 4.69) is 20.9 Å². The lowest BCUT2D eigenvalue weighted by Crippen LogP contribution is -2.39. The van der Waals surface area contributed by atoms with Crippen LogP contribution < -0.4 is 29.1 Å². The van der Waals surface area contributed by atoms with Crippen LogP contribution in [0.25, 0.3) is 6.08 Å². The molecule has 0 saturated heterocycles. The molecule has 0 fully saturated rings. The molecule has 0 spiro atoms. The lowest BCUT2D eigenvalue weighted by atomic mass is 9.96. The van der Waals surface area contributed by atoms with E-state index >= 15 is 0 Å². The highest BCUT2D eigenvalue weighted by molar-refractivity contribution is 9.10. The first-order chi connectivity index (χ1) is 17.8. The molecular formula is C27H27BrN2O6S. The normalized spacial score (nSPS) is 15.2. The van der Waals surface area contributed by atoms with E-state index < -0.39 is 12.0 Å². The fourth-order valence-electron chi connectivity index (χ4n) is 4.12. The second-order valence-electron chi connectivity index (χ2n) is 8.03. The number of thiazole rings is 1. The number of hydrogen-bond acceptors (Lipinski definition) is 8. The highest BCUT2D eigenvalue weighted by Gasteiger charge is 2.33. The molecule has 0 amide bonds. The Labute approximate surface area is 226 Å². The zero-order chi connectivity index (χ0) is 26.7. The zero-order valence-corrected chi connectivity index (χ0v) is 23.6.